The zero-order valence-corrected chi connectivity index (χ0v) is 21.2. The fourth-order valence-corrected chi connectivity index (χ4v) is 5.44. The molecule has 0 unspecified atom stereocenters. The molecule has 5 rings (SSSR count). The monoisotopic (exact) mass is 518 g/mol. The molecule has 2 aliphatic rings. The highest BCUT2D eigenvalue weighted by molar-refractivity contribution is 7.21. The van der Waals surface area contributed by atoms with E-state index < -0.39 is 11.7 Å². The van der Waals surface area contributed by atoms with Gasteiger partial charge in [0.25, 0.3) is 11.7 Å². The number of benzene rings is 2. The molecule has 34 heavy (non-hydrogen) atoms. The first-order valence-corrected chi connectivity index (χ1v) is 13.2. The number of aryl methyl sites for hydroxylation is 1. The van der Waals surface area contributed by atoms with Crippen LogP contribution in [0.5, 0.6) is 5.75 Å². The number of primary amides is 1. The largest absolute Gasteiger partial charge is 0.489 e. The molecular weight excluding hydrogens is 491 g/mol. The molecule has 2 N–H and O–H groups in total. The van der Waals surface area contributed by atoms with Crippen molar-refractivity contribution in [3.8, 4) is 5.75 Å². The summed E-state index contributed by atoms with van der Waals surface area (Å²) in [6.07, 6.45) is 7.84. The standard InChI is InChI=1S/C16H22ClNO.C10H6ClNO2S/c17-15-12-13(4-3-11-18-9-1-2-10-18)5-8-16(15)19-14-6-7-14;11-6-2-1-5-3-8(9(13)10(12)14)15-7(5)4-6/h5,8,12,14H,1-4,6-7,9-11H2;1-4H,(H2,12,14). The highest BCUT2D eigenvalue weighted by atomic mass is 35.5. The number of halogens is 2. The van der Waals surface area contributed by atoms with Crippen molar-refractivity contribution >= 4 is 56.3 Å². The Morgan fingerprint density at radius 1 is 1.06 bits per heavy atom. The van der Waals surface area contributed by atoms with Crippen LogP contribution in [0, 0.1) is 0 Å². The maximum Gasteiger partial charge on any atom is 0.290 e. The Balaban J connectivity index is 0.000000166. The molecule has 1 aromatic heterocycles. The van der Waals surface area contributed by atoms with E-state index in [1.807, 2.05) is 6.07 Å². The van der Waals surface area contributed by atoms with Gasteiger partial charge in [-0.2, -0.15) is 0 Å². The van der Waals surface area contributed by atoms with Gasteiger partial charge in [-0.15, -0.1) is 11.3 Å². The number of ketones is 1. The Kier molecular flexibility index (Phi) is 8.48. The van der Waals surface area contributed by atoms with Crippen LogP contribution >= 0.6 is 34.5 Å². The summed E-state index contributed by atoms with van der Waals surface area (Å²) in [5.74, 6) is -0.743. The summed E-state index contributed by atoms with van der Waals surface area (Å²) in [5.41, 5.74) is 6.24. The van der Waals surface area contributed by atoms with Crippen molar-refractivity contribution in [3.63, 3.8) is 0 Å². The fourth-order valence-electron chi connectivity index (χ4n) is 3.91. The molecule has 3 aromatic rings. The summed E-state index contributed by atoms with van der Waals surface area (Å²) < 4.78 is 6.62. The average molecular weight is 519 g/mol. The van der Waals surface area contributed by atoms with Crippen molar-refractivity contribution in [1.29, 1.82) is 0 Å². The first-order chi connectivity index (χ1) is 16.4. The van der Waals surface area contributed by atoms with Gasteiger partial charge < -0.3 is 15.4 Å². The van der Waals surface area contributed by atoms with Crippen molar-refractivity contribution < 1.29 is 14.3 Å². The number of nitrogens with zero attached hydrogens (tertiary/aromatic N) is 1. The molecule has 0 spiro atoms. The lowest BCUT2D eigenvalue weighted by molar-refractivity contribution is -0.114. The van der Waals surface area contributed by atoms with Crippen LogP contribution in [0.3, 0.4) is 0 Å². The Labute approximate surface area is 213 Å². The molecule has 1 amide bonds. The molecule has 2 heterocycles. The van der Waals surface area contributed by atoms with E-state index in [0.29, 0.717) is 16.0 Å². The lowest BCUT2D eigenvalue weighted by Gasteiger charge is -2.14. The third-order valence-electron chi connectivity index (χ3n) is 5.88. The summed E-state index contributed by atoms with van der Waals surface area (Å²) >= 11 is 13.3. The number of Topliss-reactive ketones (excluding diaryl/α,β-unsaturated/α-hetero) is 1. The Morgan fingerprint density at radius 2 is 1.82 bits per heavy atom. The Hall–Kier alpha value is -2.12. The predicted octanol–water partition coefficient (Wildman–Crippen LogP) is 6.13. The van der Waals surface area contributed by atoms with Crippen LogP contribution in [-0.2, 0) is 11.2 Å². The van der Waals surface area contributed by atoms with Crippen molar-refractivity contribution in [2.75, 3.05) is 19.6 Å². The van der Waals surface area contributed by atoms with Crippen molar-refractivity contribution in [1.82, 2.24) is 4.90 Å². The fraction of sp³-hybridized carbons (Fsp3) is 0.385. The SMILES string of the molecule is Clc1cc(CCCN2CCCC2)ccc1OC1CC1.NC(=O)C(=O)c1cc2ccc(Cl)cc2s1. The van der Waals surface area contributed by atoms with Crippen LogP contribution in [0.25, 0.3) is 10.1 Å². The highest BCUT2D eigenvalue weighted by Gasteiger charge is 2.24. The number of nitrogens with two attached hydrogens (primary N) is 1. The van der Waals surface area contributed by atoms with Crippen LogP contribution in [0.15, 0.2) is 42.5 Å². The zero-order valence-electron chi connectivity index (χ0n) is 18.9. The summed E-state index contributed by atoms with van der Waals surface area (Å²) in [6.45, 7) is 3.79. The Bertz CT molecular complexity index is 1170. The van der Waals surface area contributed by atoms with Crippen molar-refractivity contribution in [2.24, 2.45) is 5.73 Å². The second kappa shape index (κ2) is 11.5. The maximum atomic E-state index is 11.3. The molecule has 1 aliphatic carbocycles. The number of likely N-dealkylation sites (tertiary alicyclic amines) is 1. The van der Waals surface area contributed by atoms with Gasteiger partial charge >= 0.3 is 0 Å². The molecule has 2 aromatic carbocycles. The summed E-state index contributed by atoms with van der Waals surface area (Å²) in [6, 6.07) is 13.2. The molecule has 180 valence electrons. The van der Waals surface area contributed by atoms with Crippen molar-refractivity contribution in [2.45, 2.75) is 44.6 Å². The van der Waals surface area contributed by atoms with Gasteiger partial charge in [-0.3, -0.25) is 9.59 Å². The van der Waals surface area contributed by atoms with E-state index in [1.54, 1.807) is 24.3 Å². The first kappa shape index (κ1) is 25.0. The number of thiophene rings is 1. The van der Waals surface area contributed by atoms with Crippen LogP contribution in [0.1, 0.15) is 47.3 Å². The van der Waals surface area contributed by atoms with E-state index in [0.717, 1.165) is 27.3 Å². The van der Waals surface area contributed by atoms with Crippen molar-refractivity contribution in [3.05, 3.63) is 63.0 Å². The topological polar surface area (TPSA) is 72.6 Å². The normalized spacial score (nSPS) is 15.7. The zero-order chi connectivity index (χ0) is 24.1. The second-order valence-corrected chi connectivity index (χ2v) is 10.6. The maximum absolute atomic E-state index is 11.3. The lowest BCUT2D eigenvalue weighted by atomic mass is 10.1. The number of carbonyl (C=O) groups is 2. The van der Waals surface area contributed by atoms with Crippen LogP contribution < -0.4 is 10.5 Å². The van der Waals surface area contributed by atoms with E-state index in [4.69, 9.17) is 33.7 Å². The van der Waals surface area contributed by atoms with Gasteiger partial charge in [0.2, 0.25) is 0 Å². The van der Waals surface area contributed by atoms with Gasteiger partial charge in [0.15, 0.2) is 0 Å². The molecule has 8 heteroatoms. The summed E-state index contributed by atoms with van der Waals surface area (Å²) in [5, 5.41) is 2.25. The van der Waals surface area contributed by atoms with Crippen LogP contribution in [0.4, 0.5) is 0 Å². The van der Waals surface area contributed by atoms with Gasteiger partial charge in [-0.1, -0.05) is 35.3 Å². The number of ether oxygens (including phenoxy) is 1. The predicted molar refractivity (Wildman–Crippen MR) is 139 cm³/mol. The second-order valence-electron chi connectivity index (χ2n) is 8.72. The minimum atomic E-state index is -0.937. The van der Waals surface area contributed by atoms with Gasteiger partial charge in [-0.05, 0) is 99.4 Å². The molecule has 5 nitrogen and oxygen atoms in total. The van der Waals surface area contributed by atoms with E-state index in [-0.39, 0.29) is 0 Å². The summed E-state index contributed by atoms with van der Waals surface area (Å²) in [7, 11) is 0. The third-order valence-corrected chi connectivity index (χ3v) is 7.51. The number of hydrogen-bond donors (Lipinski definition) is 1. The van der Waals surface area contributed by atoms with E-state index in [2.05, 4.69) is 17.0 Å². The highest BCUT2D eigenvalue weighted by Crippen LogP contribution is 2.32. The van der Waals surface area contributed by atoms with Gasteiger partial charge in [0.05, 0.1) is 16.0 Å². The van der Waals surface area contributed by atoms with E-state index in [1.165, 1.54) is 68.6 Å². The Morgan fingerprint density at radius 3 is 2.50 bits per heavy atom. The molecule has 1 saturated heterocycles. The molecule has 1 aliphatic heterocycles. The van der Waals surface area contributed by atoms with Gasteiger partial charge in [0.1, 0.15) is 5.75 Å². The first-order valence-electron chi connectivity index (χ1n) is 11.6. The van der Waals surface area contributed by atoms with Gasteiger partial charge in [0, 0.05) is 9.72 Å². The minimum absolute atomic E-state index is 0.347. The quantitative estimate of drug-likeness (QED) is 0.287. The number of fused-ring (bicyclic) bond motifs is 1. The number of carbonyl (C=O) groups excluding carboxylic acids is 2. The lowest BCUT2D eigenvalue weighted by Crippen LogP contribution is -2.21. The molecule has 0 radical (unpaired) electrons. The number of hydrogen-bond acceptors (Lipinski definition) is 5. The van der Waals surface area contributed by atoms with Crippen LogP contribution in [0.2, 0.25) is 10.0 Å². The van der Waals surface area contributed by atoms with E-state index in [9.17, 15) is 9.59 Å². The smallest absolute Gasteiger partial charge is 0.290 e. The summed E-state index contributed by atoms with van der Waals surface area (Å²) in [4.78, 5) is 24.9. The molecule has 2 fully saturated rings. The average Bonchev–Trinajstić information content (AvgIpc) is 3.29. The molecule has 0 atom stereocenters. The molecule has 1 saturated carbocycles. The third kappa shape index (κ3) is 6.95. The number of rotatable bonds is 8. The van der Waals surface area contributed by atoms with Crippen LogP contribution in [-0.4, -0.2) is 42.3 Å². The van der Waals surface area contributed by atoms with E-state index >= 15 is 0 Å². The molecular formula is C26H28Cl2N2O3S. The molecule has 0 bridgehead atoms. The number of amides is 1. The minimum Gasteiger partial charge on any atom is -0.489 e. The van der Waals surface area contributed by atoms with Gasteiger partial charge in [-0.25, -0.2) is 0 Å².